The Morgan fingerprint density at radius 3 is 1.93 bits per heavy atom. The Hall–Kier alpha value is -5.29. The summed E-state index contributed by atoms with van der Waals surface area (Å²) in [4.78, 5) is 3.66. The second-order valence-electron chi connectivity index (χ2n) is 10.5. The summed E-state index contributed by atoms with van der Waals surface area (Å²) >= 11 is 1.89. The molecule has 1 unspecified atom stereocenters. The van der Waals surface area contributed by atoms with Crippen molar-refractivity contribution in [3.63, 3.8) is 0 Å². The van der Waals surface area contributed by atoms with Crippen molar-refractivity contribution in [1.29, 1.82) is 10.5 Å². The molecule has 0 aromatic heterocycles. The van der Waals surface area contributed by atoms with Gasteiger partial charge in [0.2, 0.25) is 0 Å². The smallest absolute Gasteiger partial charge is 0.105 e. The number of nitrogens with zero attached hydrogens (tertiary/aromatic N) is 3. The zero-order valence-corrected chi connectivity index (χ0v) is 23.8. The molecule has 0 spiro atoms. The maximum atomic E-state index is 9.85. The molecule has 0 aliphatic carbocycles. The molecule has 1 atom stereocenters. The maximum Gasteiger partial charge on any atom is 0.105 e. The number of nitriles is 2. The summed E-state index contributed by atoms with van der Waals surface area (Å²) in [5, 5.41) is 21.8. The zero-order valence-electron chi connectivity index (χ0n) is 23.0. The molecule has 6 aromatic carbocycles. The first-order valence-corrected chi connectivity index (χ1v) is 14.7. The summed E-state index contributed by atoms with van der Waals surface area (Å²) in [6.45, 7) is 0. The van der Waals surface area contributed by atoms with Crippen LogP contribution in [0.1, 0.15) is 22.1 Å². The second kappa shape index (κ2) is 10.6. The van der Waals surface area contributed by atoms with E-state index in [1.165, 1.54) is 27.3 Å². The van der Waals surface area contributed by atoms with Crippen LogP contribution in [-0.4, -0.2) is 7.05 Å². The Kier molecular flexibility index (Phi) is 6.48. The lowest BCUT2D eigenvalue weighted by atomic mass is 9.90. The van der Waals surface area contributed by atoms with Gasteiger partial charge in [0.15, 0.2) is 0 Å². The number of hydrogen-bond donors (Lipinski definition) is 0. The molecule has 198 valence electrons. The highest BCUT2D eigenvalue weighted by Crippen LogP contribution is 2.50. The summed E-state index contributed by atoms with van der Waals surface area (Å²) in [6, 6.07) is 48.3. The summed E-state index contributed by atoms with van der Waals surface area (Å²) < 4.78 is 0. The van der Waals surface area contributed by atoms with Crippen molar-refractivity contribution in [1.82, 2.24) is 0 Å². The molecule has 0 fully saturated rings. The lowest BCUT2D eigenvalue weighted by molar-refractivity contribution is 0.914. The van der Waals surface area contributed by atoms with Gasteiger partial charge in [0, 0.05) is 11.9 Å². The lowest BCUT2D eigenvalue weighted by Gasteiger charge is -2.22. The van der Waals surface area contributed by atoms with E-state index in [4.69, 9.17) is 0 Å². The van der Waals surface area contributed by atoms with E-state index in [1.54, 1.807) is 6.07 Å². The Balaban J connectivity index is 1.28. The monoisotopic (exact) mass is 555 g/mol. The van der Waals surface area contributed by atoms with Gasteiger partial charge >= 0.3 is 0 Å². The van der Waals surface area contributed by atoms with E-state index in [0.717, 1.165) is 33.0 Å². The Labute approximate surface area is 249 Å². The number of thioether (sulfide) groups is 1. The quantitative estimate of drug-likeness (QED) is 0.217. The summed E-state index contributed by atoms with van der Waals surface area (Å²) in [5.74, 6) is 0. The topological polar surface area (TPSA) is 50.8 Å². The Morgan fingerprint density at radius 2 is 1.21 bits per heavy atom. The van der Waals surface area contributed by atoms with Crippen LogP contribution >= 0.6 is 11.8 Å². The molecular weight excluding hydrogens is 531 g/mol. The van der Waals surface area contributed by atoms with Crippen LogP contribution in [0.4, 0.5) is 5.69 Å². The molecule has 0 saturated carbocycles. The largest absolute Gasteiger partial charge is 0.357 e. The fourth-order valence-electron chi connectivity index (χ4n) is 5.88. The first-order chi connectivity index (χ1) is 20.6. The number of para-hydroxylation sites is 1. The van der Waals surface area contributed by atoms with Gasteiger partial charge in [0.05, 0.1) is 29.0 Å². The van der Waals surface area contributed by atoms with E-state index in [0.29, 0.717) is 11.1 Å². The van der Waals surface area contributed by atoms with Crippen molar-refractivity contribution in [3.8, 4) is 45.5 Å². The van der Waals surface area contributed by atoms with Crippen molar-refractivity contribution in [2.24, 2.45) is 0 Å². The Morgan fingerprint density at radius 1 is 0.571 bits per heavy atom. The average molecular weight is 556 g/mol. The van der Waals surface area contributed by atoms with Gasteiger partial charge < -0.3 is 4.90 Å². The number of rotatable bonds is 4. The third-order valence-electron chi connectivity index (χ3n) is 7.96. The molecule has 7 rings (SSSR count). The van der Waals surface area contributed by atoms with Crippen LogP contribution in [0.5, 0.6) is 0 Å². The van der Waals surface area contributed by atoms with Gasteiger partial charge in [-0.2, -0.15) is 10.5 Å². The molecule has 1 aliphatic rings. The highest BCUT2D eigenvalue weighted by molar-refractivity contribution is 8.00. The van der Waals surface area contributed by atoms with Gasteiger partial charge in [-0.1, -0.05) is 96.7 Å². The standard InChI is InChI=1S/C38H25N3S/c1-41-36-11-4-5-12-37(36)42-38(41)28-15-13-27(14-16-28)32-17-18-33(35-10-3-2-9-34(32)35)31-21-26(24-40)20-30(22-31)29-8-6-7-25(19-29)23-39/h2-22,38H,1H3. The molecule has 4 heteroatoms. The third kappa shape index (κ3) is 4.49. The highest BCUT2D eigenvalue weighted by Gasteiger charge is 2.28. The molecular formula is C38H25N3S. The van der Waals surface area contributed by atoms with Crippen LogP contribution in [0.25, 0.3) is 44.2 Å². The van der Waals surface area contributed by atoms with Crippen LogP contribution < -0.4 is 4.90 Å². The minimum atomic E-state index is 0.256. The summed E-state index contributed by atoms with van der Waals surface area (Å²) in [5.41, 5.74) is 9.98. The fraction of sp³-hybridized carbons (Fsp3) is 0.0526. The number of fused-ring (bicyclic) bond motifs is 2. The molecule has 0 bridgehead atoms. The van der Waals surface area contributed by atoms with Gasteiger partial charge in [-0.25, -0.2) is 0 Å². The predicted octanol–water partition coefficient (Wildman–Crippen LogP) is 9.82. The van der Waals surface area contributed by atoms with E-state index in [9.17, 15) is 10.5 Å². The third-order valence-corrected chi connectivity index (χ3v) is 9.38. The summed E-state index contributed by atoms with van der Waals surface area (Å²) in [7, 11) is 2.16. The van der Waals surface area contributed by atoms with Crippen LogP contribution in [0, 0.1) is 22.7 Å². The SMILES string of the molecule is CN1c2ccccc2SC1c1ccc(-c2ccc(-c3cc(C#N)cc(-c4cccc(C#N)c4)c3)c3ccccc23)cc1. The Bertz CT molecular complexity index is 2060. The molecule has 0 saturated heterocycles. The van der Waals surface area contributed by atoms with Gasteiger partial charge in [0.25, 0.3) is 0 Å². The van der Waals surface area contributed by atoms with Crippen molar-refractivity contribution in [3.05, 3.63) is 144 Å². The highest BCUT2D eigenvalue weighted by atomic mass is 32.2. The fourth-order valence-corrected chi connectivity index (χ4v) is 7.17. The normalized spacial score (nSPS) is 13.9. The van der Waals surface area contributed by atoms with Gasteiger partial charge in [0.1, 0.15) is 5.37 Å². The van der Waals surface area contributed by atoms with Crippen molar-refractivity contribution in [2.45, 2.75) is 10.3 Å². The van der Waals surface area contributed by atoms with Crippen molar-refractivity contribution >= 4 is 28.2 Å². The minimum Gasteiger partial charge on any atom is -0.357 e. The van der Waals surface area contributed by atoms with Crippen molar-refractivity contribution < 1.29 is 0 Å². The van der Waals surface area contributed by atoms with Gasteiger partial charge in [-0.3, -0.25) is 0 Å². The molecule has 0 amide bonds. The zero-order chi connectivity index (χ0) is 28.6. The summed E-state index contributed by atoms with van der Waals surface area (Å²) in [6.07, 6.45) is 0. The van der Waals surface area contributed by atoms with Crippen LogP contribution in [0.3, 0.4) is 0 Å². The van der Waals surface area contributed by atoms with E-state index >= 15 is 0 Å². The molecule has 0 radical (unpaired) electrons. The number of benzene rings is 6. The van der Waals surface area contributed by atoms with Crippen LogP contribution in [0.2, 0.25) is 0 Å². The number of anilines is 1. The van der Waals surface area contributed by atoms with Crippen LogP contribution in [-0.2, 0) is 0 Å². The second-order valence-corrected chi connectivity index (χ2v) is 11.6. The van der Waals surface area contributed by atoms with Gasteiger partial charge in [-0.15, -0.1) is 0 Å². The first-order valence-electron chi connectivity index (χ1n) is 13.8. The first kappa shape index (κ1) is 25.7. The van der Waals surface area contributed by atoms with Crippen molar-refractivity contribution in [2.75, 3.05) is 11.9 Å². The van der Waals surface area contributed by atoms with E-state index in [2.05, 4.69) is 115 Å². The molecule has 1 heterocycles. The van der Waals surface area contributed by atoms with Crippen LogP contribution in [0.15, 0.2) is 132 Å². The molecule has 1 aliphatic heterocycles. The minimum absolute atomic E-state index is 0.256. The van der Waals surface area contributed by atoms with E-state index < -0.39 is 0 Å². The molecule has 3 nitrogen and oxygen atoms in total. The van der Waals surface area contributed by atoms with E-state index in [1.807, 2.05) is 42.1 Å². The lowest BCUT2D eigenvalue weighted by Crippen LogP contribution is -2.16. The number of hydrogen-bond acceptors (Lipinski definition) is 4. The molecule has 0 N–H and O–H groups in total. The van der Waals surface area contributed by atoms with Gasteiger partial charge in [-0.05, 0) is 92.2 Å². The molecule has 42 heavy (non-hydrogen) atoms. The maximum absolute atomic E-state index is 9.85. The van der Waals surface area contributed by atoms with E-state index in [-0.39, 0.29) is 5.37 Å². The predicted molar refractivity (Wildman–Crippen MR) is 173 cm³/mol. The molecule has 6 aromatic rings. The average Bonchev–Trinajstić information content (AvgIpc) is 3.40.